The minimum Gasteiger partial charge on any atom is -0.377 e. The average Bonchev–Trinajstić information content (AvgIpc) is 2.26. The molecule has 0 atom stereocenters. The summed E-state index contributed by atoms with van der Waals surface area (Å²) in [6.45, 7) is 3.85. The van der Waals surface area contributed by atoms with Gasteiger partial charge in [0.1, 0.15) is 7.85 Å². The first-order valence-electron chi connectivity index (χ1n) is 5.25. The highest BCUT2D eigenvalue weighted by atomic mass is 15.1. The molecule has 0 spiro atoms. The van der Waals surface area contributed by atoms with Crippen LogP contribution in [0.2, 0.25) is 0 Å². The second-order valence-corrected chi connectivity index (χ2v) is 4.12. The van der Waals surface area contributed by atoms with E-state index in [1.165, 1.54) is 11.1 Å². The number of fused-ring (bicyclic) bond motifs is 1. The fourth-order valence-corrected chi connectivity index (χ4v) is 1.87. The largest absolute Gasteiger partial charge is 0.377 e. The summed E-state index contributed by atoms with van der Waals surface area (Å²) >= 11 is 0. The first-order chi connectivity index (χ1) is 7.61. The zero-order chi connectivity index (χ0) is 11.7. The van der Waals surface area contributed by atoms with Crippen LogP contribution in [0.1, 0.15) is 5.56 Å². The van der Waals surface area contributed by atoms with Crippen molar-refractivity contribution >= 4 is 35.8 Å². The van der Waals surface area contributed by atoms with Crippen LogP contribution in [0.3, 0.4) is 0 Å². The summed E-state index contributed by atoms with van der Waals surface area (Å²) in [5.74, 6) is 0. The highest BCUT2D eigenvalue weighted by molar-refractivity contribution is 6.33. The number of nitrogens with zero attached hydrogens (tertiary/aromatic N) is 1. The quantitative estimate of drug-likeness (QED) is 0.683. The summed E-state index contributed by atoms with van der Waals surface area (Å²) in [7, 11) is 9.84. The fourth-order valence-electron chi connectivity index (χ4n) is 1.87. The van der Waals surface area contributed by atoms with Crippen molar-refractivity contribution < 1.29 is 0 Å². The third kappa shape index (κ3) is 1.83. The molecular weight excluding hydrogens is 193 g/mol. The molecule has 2 heteroatoms. The van der Waals surface area contributed by atoms with Crippen LogP contribution in [0.15, 0.2) is 36.9 Å². The minimum atomic E-state index is 0.792. The monoisotopic (exact) mass is 207 g/mol. The molecule has 0 aromatic heterocycles. The van der Waals surface area contributed by atoms with Crippen LogP contribution in [-0.4, -0.2) is 21.9 Å². The van der Waals surface area contributed by atoms with Gasteiger partial charge in [-0.2, -0.15) is 0 Å². The van der Waals surface area contributed by atoms with Gasteiger partial charge in [-0.05, 0) is 28.5 Å². The maximum Gasteiger partial charge on any atom is 0.113 e. The zero-order valence-electron chi connectivity index (χ0n) is 9.70. The van der Waals surface area contributed by atoms with Gasteiger partial charge in [0, 0.05) is 19.8 Å². The van der Waals surface area contributed by atoms with Crippen molar-refractivity contribution in [3.63, 3.8) is 0 Å². The number of benzene rings is 2. The summed E-state index contributed by atoms with van der Waals surface area (Å²) in [5.41, 5.74) is 3.09. The van der Waals surface area contributed by atoms with E-state index in [1.807, 2.05) is 38.4 Å². The molecule has 0 fully saturated rings. The summed E-state index contributed by atoms with van der Waals surface area (Å²) in [5, 5.41) is 2.35. The fraction of sp³-hybridized carbons (Fsp3) is 0.143. The molecule has 0 heterocycles. The lowest BCUT2D eigenvalue weighted by Gasteiger charge is -2.17. The van der Waals surface area contributed by atoms with Crippen LogP contribution in [0.5, 0.6) is 0 Å². The Morgan fingerprint density at radius 1 is 1.12 bits per heavy atom. The average molecular weight is 207 g/mol. The second kappa shape index (κ2) is 4.05. The summed E-state index contributed by atoms with van der Waals surface area (Å²) in [6, 6.07) is 10.2. The Morgan fingerprint density at radius 3 is 2.50 bits per heavy atom. The van der Waals surface area contributed by atoms with Gasteiger partial charge in [-0.1, -0.05) is 36.3 Å². The maximum atomic E-state index is 5.78. The topological polar surface area (TPSA) is 3.24 Å². The molecule has 78 valence electrons. The van der Waals surface area contributed by atoms with Crippen molar-refractivity contribution in [2.45, 2.75) is 0 Å². The van der Waals surface area contributed by atoms with Gasteiger partial charge in [-0.3, -0.25) is 0 Å². The standard InChI is InChI=1S/C14H14BN/c1-4-10-7-12-8-13(15)6-5-11(12)9-14(10)16(2)3/h4-9H,1H2,2-3H3. The van der Waals surface area contributed by atoms with E-state index >= 15 is 0 Å². The van der Waals surface area contributed by atoms with Crippen molar-refractivity contribution in [3.8, 4) is 0 Å². The number of rotatable bonds is 2. The molecule has 2 rings (SSSR count). The number of hydrogen-bond donors (Lipinski definition) is 0. The third-order valence-corrected chi connectivity index (χ3v) is 2.71. The molecule has 2 radical (unpaired) electrons. The van der Waals surface area contributed by atoms with E-state index in [2.05, 4.69) is 23.6 Å². The molecule has 16 heavy (non-hydrogen) atoms. The molecule has 0 aliphatic heterocycles. The molecule has 0 saturated heterocycles. The van der Waals surface area contributed by atoms with Crippen LogP contribution in [0, 0.1) is 0 Å². The van der Waals surface area contributed by atoms with Crippen LogP contribution in [0.25, 0.3) is 16.8 Å². The van der Waals surface area contributed by atoms with Crippen molar-refractivity contribution in [2.24, 2.45) is 0 Å². The van der Waals surface area contributed by atoms with E-state index in [4.69, 9.17) is 7.85 Å². The van der Waals surface area contributed by atoms with Gasteiger partial charge < -0.3 is 4.90 Å². The molecule has 1 nitrogen and oxygen atoms in total. The van der Waals surface area contributed by atoms with E-state index in [0.29, 0.717) is 0 Å². The lowest BCUT2D eigenvalue weighted by molar-refractivity contribution is 1.13. The normalized spacial score (nSPS) is 10.4. The van der Waals surface area contributed by atoms with Crippen LogP contribution < -0.4 is 10.4 Å². The summed E-state index contributed by atoms with van der Waals surface area (Å²) in [6.07, 6.45) is 1.87. The Balaban J connectivity index is 2.75. The van der Waals surface area contributed by atoms with Crippen molar-refractivity contribution in [3.05, 3.63) is 42.5 Å². The Bertz CT molecular complexity index is 544. The van der Waals surface area contributed by atoms with Gasteiger partial charge in [0.2, 0.25) is 0 Å². The Kier molecular flexibility index (Phi) is 2.74. The smallest absolute Gasteiger partial charge is 0.113 e. The molecule has 0 aliphatic carbocycles. The first-order valence-corrected chi connectivity index (χ1v) is 5.25. The third-order valence-electron chi connectivity index (χ3n) is 2.71. The molecule has 0 aliphatic rings. The lowest BCUT2D eigenvalue weighted by Crippen LogP contribution is -2.10. The molecule has 2 aromatic rings. The van der Waals surface area contributed by atoms with Crippen molar-refractivity contribution in [1.82, 2.24) is 0 Å². The molecule has 0 N–H and O–H groups in total. The highest BCUT2D eigenvalue weighted by Gasteiger charge is 2.04. The van der Waals surface area contributed by atoms with Crippen molar-refractivity contribution in [1.29, 1.82) is 0 Å². The Hall–Kier alpha value is -1.70. The highest BCUT2D eigenvalue weighted by Crippen LogP contribution is 2.26. The minimum absolute atomic E-state index is 0.792. The maximum absolute atomic E-state index is 5.78. The first kappa shape index (κ1) is 10.8. The van der Waals surface area contributed by atoms with Gasteiger partial charge >= 0.3 is 0 Å². The van der Waals surface area contributed by atoms with E-state index < -0.39 is 0 Å². The lowest BCUT2D eigenvalue weighted by atomic mass is 9.92. The predicted octanol–water partition coefficient (Wildman–Crippen LogP) is 2.34. The van der Waals surface area contributed by atoms with Crippen LogP contribution >= 0.6 is 0 Å². The Labute approximate surface area is 97.8 Å². The van der Waals surface area contributed by atoms with Gasteiger partial charge in [-0.15, -0.1) is 0 Å². The van der Waals surface area contributed by atoms with E-state index in [1.54, 1.807) is 0 Å². The predicted molar refractivity (Wildman–Crippen MR) is 73.8 cm³/mol. The molecular formula is C14H14BN. The SMILES string of the molecule is [B]c1ccc2cc(N(C)C)c(C=C)cc2c1. The van der Waals surface area contributed by atoms with E-state index in [-0.39, 0.29) is 0 Å². The van der Waals surface area contributed by atoms with Gasteiger partial charge in [0.15, 0.2) is 0 Å². The second-order valence-electron chi connectivity index (χ2n) is 4.12. The Morgan fingerprint density at radius 2 is 1.88 bits per heavy atom. The van der Waals surface area contributed by atoms with Crippen molar-refractivity contribution in [2.75, 3.05) is 19.0 Å². The van der Waals surface area contributed by atoms with E-state index in [9.17, 15) is 0 Å². The molecule has 0 amide bonds. The molecule has 0 unspecified atom stereocenters. The number of anilines is 1. The molecule has 0 saturated carbocycles. The summed E-state index contributed by atoms with van der Waals surface area (Å²) in [4.78, 5) is 2.09. The zero-order valence-corrected chi connectivity index (χ0v) is 9.70. The number of hydrogen-bond acceptors (Lipinski definition) is 1. The molecule has 0 bridgehead atoms. The van der Waals surface area contributed by atoms with Crippen LogP contribution in [0.4, 0.5) is 5.69 Å². The molecule has 2 aromatic carbocycles. The van der Waals surface area contributed by atoms with Crippen LogP contribution in [-0.2, 0) is 0 Å². The summed E-state index contributed by atoms with van der Waals surface area (Å²) < 4.78 is 0. The van der Waals surface area contributed by atoms with E-state index in [0.717, 1.165) is 16.4 Å². The van der Waals surface area contributed by atoms with Gasteiger partial charge in [0.05, 0.1) is 0 Å². The van der Waals surface area contributed by atoms with Gasteiger partial charge in [-0.25, -0.2) is 0 Å². The van der Waals surface area contributed by atoms with Gasteiger partial charge in [0.25, 0.3) is 0 Å².